The number of hydrogen-bond donors (Lipinski definition) is 1. The monoisotopic (exact) mass is 1030 g/mol. The second kappa shape index (κ2) is 19.9. The van der Waals surface area contributed by atoms with Crippen molar-refractivity contribution in [2.45, 2.75) is 105 Å². The van der Waals surface area contributed by atoms with Crippen molar-refractivity contribution in [3.05, 3.63) is 180 Å². The van der Waals surface area contributed by atoms with Gasteiger partial charge in [0.2, 0.25) is 0 Å². The van der Waals surface area contributed by atoms with Gasteiger partial charge in [-0.2, -0.15) is 0 Å². The number of anilines is 5. The molecule has 0 amide bonds. The molecule has 0 aliphatic rings. The van der Waals surface area contributed by atoms with Crippen molar-refractivity contribution in [2.24, 2.45) is 0 Å². The summed E-state index contributed by atoms with van der Waals surface area (Å²) in [6.07, 6.45) is 0. The predicted molar refractivity (Wildman–Crippen MR) is 267 cm³/mol. The molecule has 0 aliphatic carbocycles. The van der Waals surface area contributed by atoms with E-state index in [1.54, 1.807) is 18.2 Å². The number of halogens is 5. The molecule has 6 rings (SSSR count). The Morgan fingerprint density at radius 3 is 0.983 bits per heavy atom. The van der Waals surface area contributed by atoms with Crippen LogP contribution in [0.4, 0.5) is 37.2 Å². The van der Waals surface area contributed by atoms with Gasteiger partial charge in [0.05, 0.1) is 8.95 Å². The van der Waals surface area contributed by atoms with Crippen LogP contribution in [0.2, 0.25) is 0 Å². The third-order valence-corrected chi connectivity index (χ3v) is 11.8. The Morgan fingerprint density at radius 2 is 0.695 bits per heavy atom. The second-order valence-electron chi connectivity index (χ2n) is 18.9. The normalized spacial score (nSPS) is 11.8. The lowest BCUT2D eigenvalue weighted by molar-refractivity contribution is 0.590. The maximum absolute atomic E-state index is 14.3. The molecule has 7 heteroatoms. The van der Waals surface area contributed by atoms with Crippen LogP contribution in [0.25, 0.3) is 0 Å². The van der Waals surface area contributed by atoms with Crippen molar-refractivity contribution in [3.63, 3.8) is 0 Å². The molecular weight excluding hydrogens is 977 g/mol. The van der Waals surface area contributed by atoms with Gasteiger partial charge in [0, 0.05) is 32.0 Å². The van der Waals surface area contributed by atoms with E-state index in [0.717, 1.165) is 32.0 Å². The van der Waals surface area contributed by atoms with E-state index >= 15 is 0 Å². The standard InChI is InChI=1S/C26H29BrFN.C20H27N.C6H3BrFI/c1-25(2,3)18-7-11-20(12-8-18)29(22-15-16-23(27)24(28)17-22)21-13-9-19(10-14-21)26(4,5)6;1-19(2,3)15-7-11-17(12-8-15)21-18-13-9-16(10-14-18)20(4,5)6;7-5-2-1-4(9)3-6(5)8/h7-17H,1-6H3;7-14,21H,1-6H3;1-3H. The number of nitrogens with zero attached hydrogens (tertiary/aromatic N) is 1. The van der Waals surface area contributed by atoms with Crippen LogP contribution in [0.5, 0.6) is 0 Å². The molecule has 59 heavy (non-hydrogen) atoms. The first-order chi connectivity index (χ1) is 27.3. The molecule has 0 aliphatic heterocycles. The Bertz CT molecular complexity index is 2150. The first-order valence-corrected chi connectivity index (χ1v) is 22.5. The molecule has 0 unspecified atom stereocenters. The van der Waals surface area contributed by atoms with Crippen molar-refractivity contribution in [1.29, 1.82) is 0 Å². The number of benzene rings is 6. The molecule has 0 saturated carbocycles. The molecule has 1 N–H and O–H groups in total. The maximum Gasteiger partial charge on any atom is 0.139 e. The smallest absolute Gasteiger partial charge is 0.139 e. The summed E-state index contributed by atoms with van der Waals surface area (Å²) in [5.74, 6) is -0.480. The third-order valence-electron chi connectivity index (χ3n) is 9.82. The van der Waals surface area contributed by atoms with Gasteiger partial charge in [0.25, 0.3) is 0 Å². The van der Waals surface area contributed by atoms with E-state index in [-0.39, 0.29) is 33.3 Å². The minimum atomic E-state index is -0.273. The second-order valence-corrected chi connectivity index (χ2v) is 21.8. The first kappa shape index (κ1) is 48.1. The fourth-order valence-electron chi connectivity index (χ4n) is 6.04. The zero-order valence-corrected chi connectivity index (χ0v) is 41.9. The van der Waals surface area contributed by atoms with Gasteiger partial charge in [-0.1, -0.05) is 132 Å². The van der Waals surface area contributed by atoms with Crippen LogP contribution in [0, 0.1) is 15.2 Å². The molecule has 0 saturated heterocycles. The topological polar surface area (TPSA) is 15.3 Å². The summed E-state index contributed by atoms with van der Waals surface area (Å²) in [4.78, 5) is 2.09. The zero-order chi connectivity index (χ0) is 43.9. The molecular formula is C52H59Br2F2IN2. The Hall–Kier alpha value is -3.53. The van der Waals surface area contributed by atoms with Gasteiger partial charge in [-0.25, -0.2) is 8.78 Å². The highest BCUT2D eigenvalue weighted by Crippen LogP contribution is 2.38. The number of nitrogens with one attached hydrogen (secondary N) is 1. The summed E-state index contributed by atoms with van der Waals surface area (Å²) >= 11 is 8.37. The largest absolute Gasteiger partial charge is 0.356 e. The van der Waals surface area contributed by atoms with Gasteiger partial charge in [0.15, 0.2) is 0 Å². The highest BCUT2D eigenvalue weighted by Gasteiger charge is 2.19. The van der Waals surface area contributed by atoms with Crippen LogP contribution in [0.1, 0.15) is 105 Å². The average Bonchev–Trinajstić information content (AvgIpc) is 3.15. The summed E-state index contributed by atoms with van der Waals surface area (Å²) in [6.45, 7) is 26.6. The van der Waals surface area contributed by atoms with Crippen LogP contribution in [0.15, 0.2) is 142 Å². The quantitative estimate of drug-likeness (QED) is 0.137. The van der Waals surface area contributed by atoms with E-state index in [9.17, 15) is 8.78 Å². The lowest BCUT2D eigenvalue weighted by Gasteiger charge is -2.28. The van der Waals surface area contributed by atoms with E-state index in [2.05, 4.69) is 245 Å². The van der Waals surface area contributed by atoms with Gasteiger partial charge >= 0.3 is 0 Å². The third kappa shape index (κ3) is 14.3. The van der Waals surface area contributed by atoms with Crippen LogP contribution in [-0.4, -0.2) is 0 Å². The van der Waals surface area contributed by atoms with Crippen molar-refractivity contribution < 1.29 is 8.78 Å². The summed E-state index contributed by atoms with van der Waals surface area (Å²) in [5.41, 5.74) is 10.9. The van der Waals surface area contributed by atoms with Crippen molar-refractivity contribution in [2.75, 3.05) is 10.2 Å². The maximum atomic E-state index is 14.3. The van der Waals surface area contributed by atoms with Crippen LogP contribution in [-0.2, 0) is 21.7 Å². The number of rotatable bonds is 5. The van der Waals surface area contributed by atoms with E-state index < -0.39 is 0 Å². The molecule has 0 aromatic heterocycles. The van der Waals surface area contributed by atoms with Crippen LogP contribution >= 0.6 is 54.5 Å². The lowest BCUT2D eigenvalue weighted by Crippen LogP contribution is -2.14. The fourth-order valence-corrected chi connectivity index (χ4v) is 6.98. The summed E-state index contributed by atoms with van der Waals surface area (Å²) in [7, 11) is 0. The Morgan fingerprint density at radius 1 is 0.407 bits per heavy atom. The highest BCUT2D eigenvalue weighted by atomic mass is 127. The molecule has 2 nitrogen and oxygen atoms in total. The molecule has 0 spiro atoms. The summed E-state index contributed by atoms with van der Waals surface area (Å²) in [5, 5.41) is 3.46. The van der Waals surface area contributed by atoms with E-state index in [4.69, 9.17) is 0 Å². The summed E-state index contributed by atoms with van der Waals surface area (Å²) in [6, 6.07) is 44.7. The molecule has 312 valence electrons. The Balaban J connectivity index is 0.000000222. The van der Waals surface area contributed by atoms with E-state index in [1.807, 2.05) is 12.1 Å². The van der Waals surface area contributed by atoms with Gasteiger partial charge in [-0.05, 0) is 183 Å². The molecule has 0 radical (unpaired) electrons. The average molecular weight is 1040 g/mol. The number of hydrogen-bond acceptors (Lipinski definition) is 2. The van der Waals surface area contributed by atoms with Crippen LogP contribution < -0.4 is 10.2 Å². The molecule has 0 bridgehead atoms. The van der Waals surface area contributed by atoms with Crippen LogP contribution in [0.3, 0.4) is 0 Å². The fraction of sp³-hybridized carbons (Fsp3) is 0.308. The van der Waals surface area contributed by atoms with Gasteiger partial charge < -0.3 is 10.2 Å². The zero-order valence-electron chi connectivity index (χ0n) is 36.5. The molecule has 6 aromatic carbocycles. The Kier molecular flexibility index (Phi) is 16.2. The van der Waals surface area contributed by atoms with Crippen molar-refractivity contribution >= 4 is 82.9 Å². The van der Waals surface area contributed by atoms with E-state index in [0.29, 0.717) is 8.95 Å². The van der Waals surface area contributed by atoms with Gasteiger partial charge in [0.1, 0.15) is 11.6 Å². The Labute approximate surface area is 383 Å². The highest BCUT2D eigenvalue weighted by molar-refractivity contribution is 14.1. The molecule has 0 atom stereocenters. The first-order valence-electron chi connectivity index (χ1n) is 19.9. The van der Waals surface area contributed by atoms with Gasteiger partial charge in [-0.3, -0.25) is 0 Å². The van der Waals surface area contributed by atoms with Crippen molar-refractivity contribution in [3.8, 4) is 0 Å². The lowest BCUT2D eigenvalue weighted by atomic mass is 9.86. The molecule has 0 fully saturated rings. The minimum Gasteiger partial charge on any atom is -0.356 e. The predicted octanol–water partition coefficient (Wildman–Crippen LogP) is 17.9. The minimum absolute atomic E-state index is 0.0848. The van der Waals surface area contributed by atoms with E-state index in [1.165, 1.54) is 28.3 Å². The van der Waals surface area contributed by atoms with Gasteiger partial charge in [-0.15, -0.1) is 0 Å². The SMILES string of the molecule is CC(C)(C)c1ccc(N(c2ccc(C(C)(C)C)cc2)c2ccc(Br)c(F)c2)cc1.CC(C)(C)c1ccc(Nc2ccc(C(C)(C)C)cc2)cc1.Fc1cc(I)ccc1Br. The summed E-state index contributed by atoms with van der Waals surface area (Å²) < 4.78 is 28.8. The molecule has 6 aromatic rings. The molecule has 0 heterocycles. The van der Waals surface area contributed by atoms with Crippen molar-refractivity contribution in [1.82, 2.24) is 0 Å².